The Bertz CT molecular complexity index is 754. The molecule has 0 radical (unpaired) electrons. The molecule has 3 amide bonds. The van der Waals surface area contributed by atoms with Gasteiger partial charge in [0, 0.05) is 20.3 Å². The Morgan fingerprint density at radius 1 is 1.13 bits per heavy atom. The normalized spacial score (nSPS) is 21.0. The lowest BCUT2D eigenvalue weighted by molar-refractivity contribution is -0.131. The van der Waals surface area contributed by atoms with E-state index in [1.165, 1.54) is 4.90 Å². The van der Waals surface area contributed by atoms with Gasteiger partial charge in [0.1, 0.15) is 5.54 Å². The number of hydrogen-bond donors (Lipinski definition) is 1. The molecule has 0 unspecified atom stereocenters. The first kappa shape index (κ1) is 15.5. The van der Waals surface area contributed by atoms with Crippen molar-refractivity contribution in [3.05, 3.63) is 48.0 Å². The molecular weight excluding hydrogens is 292 g/mol. The van der Waals surface area contributed by atoms with Gasteiger partial charge in [-0.15, -0.1) is 0 Å². The zero-order valence-corrected chi connectivity index (χ0v) is 13.3. The van der Waals surface area contributed by atoms with Crippen LogP contribution in [0.1, 0.15) is 18.9 Å². The monoisotopic (exact) mass is 312 g/mol. The molecule has 2 aromatic rings. The number of rotatable bonds is 5. The highest BCUT2D eigenvalue weighted by Gasteiger charge is 2.49. The number of benzene rings is 2. The fourth-order valence-electron chi connectivity index (χ4n) is 3.11. The van der Waals surface area contributed by atoms with Crippen LogP contribution in [0.5, 0.6) is 0 Å². The van der Waals surface area contributed by atoms with Crippen LogP contribution in [0, 0.1) is 0 Å². The zero-order chi connectivity index (χ0) is 16.4. The Morgan fingerprint density at radius 2 is 1.87 bits per heavy atom. The van der Waals surface area contributed by atoms with Crippen molar-refractivity contribution in [3.8, 4) is 0 Å². The molecule has 2 aromatic carbocycles. The van der Waals surface area contributed by atoms with Crippen molar-refractivity contribution in [2.24, 2.45) is 0 Å². The summed E-state index contributed by atoms with van der Waals surface area (Å²) in [5, 5.41) is 4.89. The summed E-state index contributed by atoms with van der Waals surface area (Å²) in [5.74, 6) is -0.213. The lowest BCUT2D eigenvalue weighted by Crippen LogP contribution is -2.41. The maximum Gasteiger partial charge on any atom is 0.325 e. The van der Waals surface area contributed by atoms with E-state index in [9.17, 15) is 9.59 Å². The molecule has 1 heterocycles. The lowest BCUT2D eigenvalue weighted by atomic mass is 9.88. The first-order valence-corrected chi connectivity index (χ1v) is 7.69. The summed E-state index contributed by atoms with van der Waals surface area (Å²) in [6.45, 7) is 2.65. The topological polar surface area (TPSA) is 58.6 Å². The number of methoxy groups -OCH3 is 1. The fraction of sp³-hybridized carbons (Fsp3) is 0.333. The first-order chi connectivity index (χ1) is 11.1. The first-order valence-electron chi connectivity index (χ1n) is 7.69. The van der Waals surface area contributed by atoms with Gasteiger partial charge < -0.3 is 10.1 Å². The minimum Gasteiger partial charge on any atom is -0.385 e. The van der Waals surface area contributed by atoms with Crippen molar-refractivity contribution in [2.45, 2.75) is 18.9 Å². The molecule has 120 valence electrons. The smallest absolute Gasteiger partial charge is 0.325 e. The van der Waals surface area contributed by atoms with E-state index in [0.29, 0.717) is 19.6 Å². The molecule has 3 rings (SSSR count). The number of nitrogens with one attached hydrogen (secondary N) is 1. The molecule has 1 fully saturated rings. The number of hydrogen-bond acceptors (Lipinski definition) is 3. The number of fused-ring (bicyclic) bond motifs is 1. The standard InChI is InChI=1S/C18H20N2O3/c1-18(15-10-5-8-13-7-3-4-9-14(13)15)16(21)20(17(22)19-18)11-6-12-23-2/h3-5,7-10H,6,11-12H2,1-2H3,(H,19,22)/t18-/m1/s1. The second-order valence-corrected chi connectivity index (χ2v) is 5.89. The van der Waals surface area contributed by atoms with E-state index >= 15 is 0 Å². The predicted molar refractivity (Wildman–Crippen MR) is 88.0 cm³/mol. The van der Waals surface area contributed by atoms with Crippen molar-refractivity contribution in [1.82, 2.24) is 10.2 Å². The van der Waals surface area contributed by atoms with Gasteiger partial charge in [0.2, 0.25) is 0 Å². The van der Waals surface area contributed by atoms with E-state index in [2.05, 4.69) is 5.32 Å². The van der Waals surface area contributed by atoms with Gasteiger partial charge in [-0.3, -0.25) is 9.69 Å². The third-order valence-corrected chi connectivity index (χ3v) is 4.33. The second-order valence-electron chi connectivity index (χ2n) is 5.89. The van der Waals surface area contributed by atoms with Crippen LogP contribution in [0.15, 0.2) is 42.5 Å². The number of imide groups is 1. The molecule has 1 N–H and O–H groups in total. The number of nitrogens with zero attached hydrogens (tertiary/aromatic N) is 1. The summed E-state index contributed by atoms with van der Waals surface area (Å²) in [6.07, 6.45) is 0.626. The van der Waals surface area contributed by atoms with Crippen LogP contribution in [-0.2, 0) is 15.1 Å². The number of amides is 3. The van der Waals surface area contributed by atoms with Gasteiger partial charge in [-0.1, -0.05) is 42.5 Å². The van der Waals surface area contributed by atoms with Gasteiger partial charge in [-0.25, -0.2) is 4.79 Å². The average molecular weight is 312 g/mol. The summed E-state index contributed by atoms with van der Waals surface area (Å²) in [4.78, 5) is 26.4. The van der Waals surface area contributed by atoms with Crippen molar-refractivity contribution in [3.63, 3.8) is 0 Å². The lowest BCUT2D eigenvalue weighted by Gasteiger charge is -2.24. The fourth-order valence-corrected chi connectivity index (χ4v) is 3.11. The van der Waals surface area contributed by atoms with Gasteiger partial charge in [-0.2, -0.15) is 0 Å². The highest BCUT2D eigenvalue weighted by Crippen LogP contribution is 2.33. The molecule has 1 aliphatic rings. The van der Waals surface area contributed by atoms with Crippen LogP contribution in [0.25, 0.3) is 10.8 Å². The third kappa shape index (κ3) is 2.57. The zero-order valence-electron chi connectivity index (χ0n) is 13.3. The van der Waals surface area contributed by atoms with Crippen LogP contribution in [0.4, 0.5) is 4.79 Å². The predicted octanol–water partition coefficient (Wildman–Crippen LogP) is 2.64. The molecule has 0 spiro atoms. The van der Waals surface area contributed by atoms with Crippen LogP contribution in [-0.4, -0.2) is 37.1 Å². The molecule has 1 atom stereocenters. The second kappa shape index (κ2) is 6.01. The third-order valence-electron chi connectivity index (χ3n) is 4.33. The quantitative estimate of drug-likeness (QED) is 0.682. The van der Waals surface area contributed by atoms with E-state index in [0.717, 1.165) is 16.3 Å². The molecule has 1 aliphatic heterocycles. The molecule has 0 bridgehead atoms. The molecule has 0 aliphatic carbocycles. The van der Waals surface area contributed by atoms with Crippen molar-refractivity contribution in [2.75, 3.05) is 20.3 Å². The number of carbonyl (C=O) groups excluding carboxylic acids is 2. The Hall–Kier alpha value is -2.40. The Labute approximate surface area is 135 Å². The Kier molecular flexibility index (Phi) is 4.05. The van der Waals surface area contributed by atoms with Crippen LogP contribution >= 0.6 is 0 Å². The molecule has 0 aromatic heterocycles. The van der Waals surface area contributed by atoms with E-state index in [1.807, 2.05) is 42.5 Å². The van der Waals surface area contributed by atoms with Gasteiger partial charge in [-0.05, 0) is 29.7 Å². The van der Waals surface area contributed by atoms with Crippen molar-refractivity contribution >= 4 is 22.7 Å². The summed E-state index contributed by atoms with van der Waals surface area (Å²) in [5.41, 5.74) is -0.214. The van der Waals surface area contributed by atoms with E-state index < -0.39 is 5.54 Å². The number of ether oxygens (including phenoxy) is 1. The largest absolute Gasteiger partial charge is 0.385 e. The summed E-state index contributed by atoms with van der Waals surface area (Å²) < 4.78 is 5.00. The van der Waals surface area contributed by atoms with Gasteiger partial charge in [0.05, 0.1) is 0 Å². The van der Waals surface area contributed by atoms with E-state index in [1.54, 1.807) is 14.0 Å². The molecule has 0 saturated carbocycles. The molecule has 23 heavy (non-hydrogen) atoms. The maximum absolute atomic E-state index is 12.9. The molecule has 5 nitrogen and oxygen atoms in total. The highest BCUT2D eigenvalue weighted by atomic mass is 16.5. The summed E-state index contributed by atoms with van der Waals surface area (Å²) >= 11 is 0. The summed E-state index contributed by atoms with van der Waals surface area (Å²) in [6, 6.07) is 13.3. The van der Waals surface area contributed by atoms with Gasteiger partial charge >= 0.3 is 6.03 Å². The van der Waals surface area contributed by atoms with Crippen LogP contribution < -0.4 is 5.32 Å². The van der Waals surface area contributed by atoms with E-state index in [-0.39, 0.29) is 11.9 Å². The van der Waals surface area contributed by atoms with Gasteiger partial charge in [0.25, 0.3) is 5.91 Å². The van der Waals surface area contributed by atoms with Crippen molar-refractivity contribution < 1.29 is 14.3 Å². The highest BCUT2D eigenvalue weighted by molar-refractivity contribution is 6.09. The molecule has 5 heteroatoms. The minimum absolute atomic E-state index is 0.213. The summed E-state index contributed by atoms with van der Waals surface area (Å²) in [7, 11) is 1.60. The van der Waals surface area contributed by atoms with Gasteiger partial charge in [0.15, 0.2) is 0 Å². The Balaban J connectivity index is 1.98. The average Bonchev–Trinajstić information content (AvgIpc) is 2.78. The van der Waals surface area contributed by atoms with Crippen LogP contribution in [0.3, 0.4) is 0 Å². The van der Waals surface area contributed by atoms with Crippen LogP contribution in [0.2, 0.25) is 0 Å². The SMILES string of the molecule is COCCCN1C(=O)N[C@](C)(c2cccc3ccccc23)C1=O. The van der Waals surface area contributed by atoms with Crippen molar-refractivity contribution in [1.29, 1.82) is 0 Å². The van der Waals surface area contributed by atoms with E-state index in [4.69, 9.17) is 4.74 Å². The molecular formula is C18H20N2O3. The number of carbonyl (C=O) groups is 2. The molecule has 1 saturated heterocycles. The number of urea groups is 1. The minimum atomic E-state index is -1.04. The Morgan fingerprint density at radius 3 is 2.65 bits per heavy atom. The maximum atomic E-state index is 12.9.